The lowest BCUT2D eigenvalue weighted by molar-refractivity contribution is 0.0629. The number of nitrogens with zero attached hydrogens (tertiary/aromatic N) is 5. The Kier molecular flexibility index (Phi) is 5.33. The zero-order valence-electron chi connectivity index (χ0n) is 16.7. The van der Waals surface area contributed by atoms with Crippen LogP contribution in [-0.4, -0.2) is 43.8 Å². The number of aromatic nitrogens is 4. The van der Waals surface area contributed by atoms with Crippen molar-refractivity contribution in [1.82, 2.24) is 24.8 Å². The Morgan fingerprint density at radius 2 is 2.10 bits per heavy atom. The van der Waals surface area contributed by atoms with Crippen LogP contribution in [0.3, 0.4) is 0 Å². The molecule has 1 amide bonds. The molecule has 0 N–H and O–H groups in total. The zero-order valence-corrected chi connectivity index (χ0v) is 16.7. The predicted octanol–water partition coefficient (Wildman–Crippen LogP) is 3.06. The maximum atomic E-state index is 13.0. The highest BCUT2D eigenvalue weighted by Crippen LogP contribution is 2.32. The largest absolute Gasteiger partial charge is 0.484 e. The molecule has 1 aliphatic rings. The average Bonchev–Trinajstić information content (AvgIpc) is 3.42. The maximum absolute atomic E-state index is 13.0. The summed E-state index contributed by atoms with van der Waals surface area (Å²) in [5.41, 5.74) is 0.251. The van der Waals surface area contributed by atoms with E-state index in [2.05, 4.69) is 22.2 Å². The first-order chi connectivity index (χ1) is 14.1. The number of aryl methyl sites for hydroxylation is 1. The summed E-state index contributed by atoms with van der Waals surface area (Å²) in [5.74, 6) is 1.79. The number of rotatable bonds is 6. The van der Waals surface area contributed by atoms with Gasteiger partial charge in [-0.05, 0) is 38.0 Å². The van der Waals surface area contributed by atoms with Crippen molar-refractivity contribution >= 4 is 5.91 Å². The van der Waals surface area contributed by atoms with Crippen LogP contribution in [0.5, 0.6) is 5.75 Å². The van der Waals surface area contributed by atoms with Crippen molar-refractivity contribution in [3.05, 3.63) is 60.0 Å². The summed E-state index contributed by atoms with van der Waals surface area (Å²) in [6.45, 7) is 6.18. The second-order valence-electron chi connectivity index (χ2n) is 7.54. The number of ether oxygens (including phenoxy) is 1. The van der Waals surface area contributed by atoms with Gasteiger partial charge in [-0.2, -0.15) is 10.1 Å². The van der Waals surface area contributed by atoms with Gasteiger partial charge in [0.05, 0.1) is 0 Å². The van der Waals surface area contributed by atoms with Crippen LogP contribution < -0.4 is 4.74 Å². The molecule has 0 saturated carbocycles. The third kappa shape index (κ3) is 4.01. The summed E-state index contributed by atoms with van der Waals surface area (Å²) in [6, 6.07) is 11.3. The van der Waals surface area contributed by atoms with E-state index >= 15 is 0 Å². The van der Waals surface area contributed by atoms with E-state index in [1.807, 2.05) is 42.2 Å². The molecule has 4 rings (SSSR count). The summed E-state index contributed by atoms with van der Waals surface area (Å²) >= 11 is 0. The number of para-hydroxylation sites is 1. The second kappa shape index (κ2) is 8.06. The van der Waals surface area contributed by atoms with Gasteiger partial charge in [-0.15, -0.1) is 0 Å². The number of hydrogen-bond acceptors (Lipinski definition) is 6. The molecule has 8 heteroatoms. The number of carbonyl (C=O) groups is 1. The molecule has 1 unspecified atom stereocenters. The lowest BCUT2D eigenvalue weighted by Gasteiger charge is -2.38. The van der Waals surface area contributed by atoms with E-state index in [4.69, 9.17) is 9.26 Å². The van der Waals surface area contributed by atoms with Crippen molar-refractivity contribution in [3.8, 4) is 5.75 Å². The van der Waals surface area contributed by atoms with Crippen molar-refractivity contribution in [3.63, 3.8) is 0 Å². The summed E-state index contributed by atoms with van der Waals surface area (Å²) in [4.78, 5) is 19.4. The van der Waals surface area contributed by atoms with Crippen molar-refractivity contribution in [2.24, 2.45) is 0 Å². The van der Waals surface area contributed by atoms with Gasteiger partial charge in [0, 0.05) is 31.2 Å². The Morgan fingerprint density at radius 1 is 1.28 bits per heavy atom. The minimum absolute atomic E-state index is 0.00796. The van der Waals surface area contributed by atoms with Gasteiger partial charge >= 0.3 is 0 Å². The molecule has 8 nitrogen and oxygen atoms in total. The van der Waals surface area contributed by atoms with Crippen LogP contribution in [0.1, 0.15) is 48.9 Å². The number of likely N-dealkylation sites (tertiary alicyclic amines) is 1. The average molecular weight is 395 g/mol. The summed E-state index contributed by atoms with van der Waals surface area (Å²) in [7, 11) is 0. The molecule has 0 aliphatic carbocycles. The fourth-order valence-corrected chi connectivity index (χ4v) is 3.74. The standard InChI is InChI=1S/C21H25N5O3/c1-3-26-17(10-12-22-26)19(27)25-13-7-11-21(2,15-25)20-23-18(29-24-20)14-28-16-8-5-4-6-9-16/h4-6,8-10,12H,3,7,11,13-15H2,1-2H3. The molecule has 1 saturated heterocycles. The molecule has 1 aromatic carbocycles. The molecule has 29 heavy (non-hydrogen) atoms. The van der Waals surface area contributed by atoms with Gasteiger partial charge in [-0.1, -0.05) is 30.3 Å². The number of amides is 1. The van der Waals surface area contributed by atoms with Crippen molar-refractivity contribution < 1.29 is 14.1 Å². The topological polar surface area (TPSA) is 86.3 Å². The molecule has 0 bridgehead atoms. The number of hydrogen-bond donors (Lipinski definition) is 0. The van der Waals surface area contributed by atoms with Gasteiger partial charge < -0.3 is 14.2 Å². The van der Waals surface area contributed by atoms with Gasteiger partial charge in [-0.25, -0.2) is 0 Å². The second-order valence-corrected chi connectivity index (χ2v) is 7.54. The molecule has 152 valence electrons. The summed E-state index contributed by atoms with van der Waals surface area (Å²) in [5, 5.41) is 8.40. The first-order valence-corrected chi connectivity index (χ1v) is 9.91. The van der Waals surface area contributed by atoms with Crippen LogP contribution in [0.2, 0.25) is 0 Å². The van der Waals surface area contributed by atoms with E-state index in [0.717, 1.165) is 18.6 Å². The molecule has 2 aromatic heterocycles. The van der Waals surface area contributed by atoms with Crippen LogP contribution in [0, 0.1) is 0 Å². The summed E-state index contributed by atoms with van der Waals surface area (Å²) in [6.07, 6.45) is 3.44. The number of carbonyl (C=O) groups excluding carboxylic acids is 1. The third-order valence-electron chi connectivity index (χ3n) is 5.33. The van der Waals surface area contributed by atoms with E-state index in [0.29, 0.717) is 37.0 Å². The quantitative estimate of drug-likeness (QED) is 0.638. The highest BCUT2D eigenvalue weighted by Gasteiger charge is 2.39. The highest BCUT2D eigenvalue weighted by molar-refractivity contribution is 5.92. The van der Waals surface area contributed by atoms with Crippen LogP contribution >= 0.6 is 0 Å². The first kappa shape index (κ1) is 19.2. The Bertz CT molecular complexity index is 968. The molecular formula is C21H25N5O3. The molecular weight excluding hydrogens is 370 g/mol. The molecule has 3 heterocycles. The van der Waals surface area contributed by atoms with E-state index < -0.39 is 0 Å². The van der Waals surface area contributed by atoms with E-state index in [1.54, 1.807) is 16.9 Å². The highest BCUT2D eigenvalue weighted by atomic mass is 16.5. The van der Waals surface area contributed by atoms with E-state index in [-0.39, 0.29) is 17.9 Å². The van der Waals surface area contributed by atoms with Crippen LogP contribution in [0.4, 0.5) is 0 Å². The monoisotopic (exact) mass is 395 g/mol. The predicted molar refractivity (Wildman–Crippen MR) is 105 cm³/mol. The molecule has 1 aliphatic heterocycles. The van der Waals surface area contributed by atoms with Gasteiger partial charge in [0.25, 0.3) is 11.8 Å². The normalized spacial score (nSPS) is 19.3. The fraction of sp³-hybridized carbons (Fsp3) is 0.429. The fourth-order valence-electron chi connectivity index (χ4n) is 3.74. The van der Waals surface area contributed by atoms with Gasteiger partial charge in [0.15, 0.2) is 12.4 Å². The SMILES string of the molecule is CCn1nccc1C(=O)N1CCCC(C)(c2noc(COc3ccccc3)n2)C1. The number of benzene rings is 1. The molecule has 0 spiro atoms. The summed E-state index contributed by atoms with van der Waals surface area (Å²) < 4.78 is 12.8. The maximum Gasteiger partial charge on any atom is 0.272 e. The van der Waals surface area contributed by atoms with Gasteiger partial charge in [-0.3, -0.25) is 9.48 Å². The third-order valence-corrected chi connectivity index (χ3v) is 5.33. The lowest BCUT2D eigenvalue weighted by Crippen LogP contribution is -2.48. The van der Waals surface area contributed by atoms with Gasteiger partial charge in [0.2, 0.25) is 0 Å². The smallest absolute Gasteiger partial charge is 0.272 e. The Hall–Kier alpha value is -3.16. The van der Waals surface area contributed by atoms with E-state index in [9.17, 15) is 4.79 Å². The first-order valence-electron chi connectivity index (χ1n) is 9.91. The minimum Gasteiger partial charge on any atom is -0.484 e. The van der Waals surface area contributed by atoms with Gasteiger partial charge in [0.1, 0.15) is 11.4 Å². The molecule has 1 fully saturated rings. The lowest BCUT2D eigenvalue weighted by atomic mass is 9.81. The van der Waals surface area contributed by atoms with Crippen molar-refractivity contribution in [2.75, 3.05) is 13.1 Å². The zero-order chi connectivity index (χ0) is 20.3. The minimum atomic E-state index is -0.362. The Balaban J connectivity index is 1.45. The Labute approximate surface area is 169 Å². The van der Waals surface area contributed by atoms with Crippen LogP contribution in [-0.2, 0) is 18.6 Å². The van der Waals surface area contributed by atoms with Crippen LogP contribution in [0.25, 0.3) is 0 Å². The Morgan fingerprint density at radius 3 is 2.90 bits per heavy atom. The molecule has 3 aromatic rings. The van der Waals surface area contributed by atoms with Crippen LogP contribution in [0.15, 0.2) is 47.1 Å². The van der Waals surface area contributed by atoms with E-state index in [1.165, 1.54) is 0 Å². The van der Waals surface area contributed by atoms with Crippen molar-refractivity contribution in [2.45, 2.75) is 45.3 Å². The van der Waals surface area contributed by atoms with Crippen molar-refractivity contribution in [1.29, 1.82) is 0 Å². The number of piperidine rings is 1. The molecule has 0 radical (unpaired) electrons. The molecule has 1 atom stereocenters.